The van der Waals surface area contributed by atoms with Gasteiger partial charge in [0.1, 0.15) is 0 Å². The van der Waals surface area contributed by atoms with Crippen LogP contribution in [0.5, 0.6) is 0 Å². The van der Waals surface area contributed by atoms with Crippen molar-refractivity contribution in [3.63, 3.8) is 0 Å². The standard InChI is InChI=1S/C23H22N2/c1-15-9-16(2)11-20(10-15)23-18(4)12-19-14-22(25-7-5-6-8-25)17(3)13-21(19)24-23/h5-14H,1-4H3. The van der Waals surface area contributed by atoms with Crippen molar-refractivity contribution in [2.45, 2.75) is 27.7 Å². The molecule has 2 heteroatoms. The molecule has 0 aliphatic rings. The molecule has 0 spiro atoms. The monoisotopic (exact) mass is 326 g/mol. The Morgan fingerprint density at radius 3 is 2.08 bits per heavy atom. The molecule has 0 amide bonds. The number of fused-ring (bicyclic) bond motifs is 1. The van der Waals surface area contributed by atoms with E-state index in [0.717, 1.165) is 11.2 Å². The van der Waals surface area contributed by atoms with Gasteiger partial charge in [0.25, 0.3) is 0 Å². The molecule has 0 aliphatic carbocycles. The summed E-state index contributed by atoms with van der Waals surface area (Å²) in [6.45, 7) is 8.57. The zero-order valence-electron chi connectivity index (χ0n) is 15.2. The quantitative estimate of drug-likeness (QED) is 0.446. The van der Waals surface area contributed by atoms with Gasteiger partial charge < -0.3 is 4.57 Å². The predicted octanol–water partition coefficient (Wildman–Crippen LogP) is 5.93. The summed E-state index contributed by atoms with van der Waals surface area (Å²) in [5, 5.41) is 1.18. The number of pyridine rings is 1. The second-order valence-electron chi connectivity index (χ2n) is 6.95. The van der Waals surface area contributed by atoms with Crippen molar-refractivity contribution in [3.8, 4) is 16.9 Å². The fourth-order valence-corrected chi connectivity index (χ4v) is 3.60. The van der Waals surface area contributed by atoms with Gasteiger partial charge in [0.15, 0.2) is 0 Å². The van der Waals surface area contributed by atoms with Crippen LogP contribution in [0, 0.1) is 27.7 Å². The molecule has 0 aliphatic heterocycles. The molecule has 2 nitrogen and oxygen atoms in total. The molecule has 0 fully saturated rings. The summed E-state index contributed by atoms with van der Waals surface area (Å²) >= 11 is 0. The lowest BCUT2D eigenvalue weighted by Crippen LogP contribution is -1.97. The van der Waals surface area contributed by atoms with E-state index >= 15 is 0 Å². The summed E-state index contributed by atoms with van der Waals surface area (Å²) in [5.74, 6) is 0. The first-order valence-electron chi connectivity index (χ1n) is 8.65. The fourth-order valence-electron chi connectivity index (χ4n) is 3.60. The van der Waals surface area contributed by atoms with Crippen LogP contribution in [0.15, 0.2) is 60.9 Å². The minimum atomic E-state index is 1.05. The first-order valence-corrected chi connectivity index (χ1v) is 8.65. The minimum absolute atomic E-state index is 1.05. The molecule has 0 radical (unpaired) electrons. The first kappa shape index (κ1) is 15.6. The van der Waals surface area contributed by atoms with Crippen LogP contribution in [-0.4, -0.2) is 9.55 Å². The van der Waals surface area contributed by atoms with Crippen molar-refractivity contribution in [3.05, 3.63) is 83.2 Å². The number of rotatable bonds is 2. The highest BCUT2D eigenvalue weighted by molar-refractivity contribution is 5.86. The largest absolute Gasteiger partial charge is 0.324 e. The van der Waals surface area contributed by atoms with Gasteiger partial charge in [-0.25, -0.2) is 4.98 Å². The van der Waals surface area contributed by atoms with E-state index in [1.807, 2.05) is 0 Å². The maximum atomic E-state index is 5.00. The van der Waals surface area contributed by atoms with Crippen molar-refractivity contribution >= 4 is 10.9 Å². The van der Waals surface area contributed by atoms with E-state index in [1.54, 1.807) is 0 Å². The van der Waals surface area contributed by atoms with Crippen LogP contribution in [0.1, 0.15) is 22.3 Å². The van der Waals surface area contributed by atoms with Crippen LogP contribution in [0.25, 0.3) is 27.8 Å². The van der Waals surface area contributed by atoms with Gasteiger partial charge >= 0.3 is 0 Å². The topological polar surface area (TPSA) is 17.8 Å². The number of hydrogen-bond acceptors (Lipinski definition) is 1. The Bertz CT molecular complexity index is 1050. The summed E-state index contributed by atoms with van der Waals surface area (Å²) in [6, 6.07) is 17.4. The lowest BCUT2D eigenvalue weighted by molar-refractivity contribution is 1.06. The van der Waals surface area contributed by atoms with Crippen LogP contribution in [-0.2, 0) is 0 Å². The average Bonchev–Trinajstić information content (AvgIpc) is 3.07. The van der Waals surface area contributed by atoms with Crippen molar-refractivity contribution in [2.75, 3.05) is 0 Å². The Hall–Kier alpha value is -2.87. The Morgan fingerprint density at radius 2 is 1.40 bits per heavy atom. The van der Waals surface area contributed by atoms with E-state index in [0.29, 0.717) is 0 Å². The normalized spacial score (nSPS) is 11.2. The van der Waals surface area contributed by atoms with Gasteiger partial charge in [-0.3, -0.25) is 0 Å². The fraction of sp³-hybridized carbons (Fsp3) is 0.174. The molecule has 0 unspecified atom stereocenters. The zero-order chi connectivity index (χ0) is 17.6. The maximum Gasteiger partial charge on any atom is 0.0739 e. The second kappa shape index (κ2) is 5.89. The molecule has 0 bridgehead atoms. The Kier molecular flexibility index (Phi) is 3.69. The SMILES string of the molecule is Cc1cc(C)cc(-c2nc3cc(C)c(-n4cccc4)cc3cc2C)c1. The molecule has 0 saturated heterocycles. The predicted molar refractivity (Wildman–Crippen MR) is 105 cm³/mol. The van der Waals surface area contributed by atoms with Crippen molar-refractivity contribution in [1.29, 1.82) is 0 Å². The van der Waals surface area contributed by atoms with Crippen LogP contribution in [0.4, 0.5) is 0 Å². The molecule has 2 aromatic carbocycles. The van der Waals surface area contributed by atoms with Crippen molar-refractivity contribution in [1.82, 2.24) is 9.55 Å². The van der Waals surface area contributed by atoms with Gasteiger partial charge in [0.05, 0.1) is 11.2 Å². The van der Waals surface area contributed by atoms with Gasteiger partial charge in [-0.2, -0.15) is 0 Å². The summed E-state index contributed by atoms with van der Waals surface area (Å²) in [5.41, 5.74) is 9.51. The van der Waals surface area contributed by atoms with Crippen LogP contribution >= 0.6 is 0 Å². The lowest BCUT2D eigenvalue weighted by atomic mass is 9.99. The molecular formula is C23H22N2. The van der Waals surface area contributed by atoms with Crippen LogP contribution in [0.3, 0.4) is 0 Å². The molecule has 4 aromatic rings. The van der Waals surface area contributed by atoms with E-state index in [9.17, 15) is 0 Å². The van der Waals surface area contributed by atoms with Gasteiger partial charge in [-0.05, 0) is 81.3 Å². The Morgan fingerprint density at radius 1 is 0.720 bits per heavy atom. The number of nitrogens with zero attached hydrogens (tertiary/aromatic N) is 2. The molecule has 4 rings (SSSR count). The third-order valence-corrected chi connectivity index (χ3v) is 4.70. The number of benzene rings is 2. The first-order chi connectivity index (χ1) is 12.0. The number of aromatic nitrogens is 2. The van der Waals surface area contributed by atoms with Gasteiger partial charge in [-0.15, -0.1) is 0 Å². The van der Waals surface area contributed by atoms with Crippen molar-refractivity contribution < 1.29 is 0 Å². The molecular weight excluding hydrogens is 304 g/mol. The maximum absolute atomic E-state index is 5.00. The summed E-state index contributed by atoms with van der Waals surface area (Å²) in [4.78, 5) is 5.00. The van der Waals surface area contributed by atoms with Gasteiger partial charge in [-0.1, -0.05) is 17.2 Å². The Labute approximate surface area is 148 Å². The van der Waals surface area contributed by atoms with E-state index in [2.05, 4.69) is 93.2 Å². The molecule has 2 heterocycles. The second-order valence-corrected chi connectivity index (χ2v) is 6.95. The molecule has 0 saturated carbocycles. The average molecular weight is 326 g/mol. The molecule has 25 heavy (non-hydrogen) atoms. The smallest absolute Gasteiger partial charge is 0.0739 e. The third kappa shape index (κ3) is 2.85. The van der Waals surface area contributed by atoms with Gasteiger partial charge in [0, 0.05) is 29.0 Å². The minimum Gasteiger partial charge on any atom is -0.324 e. The van der Waals surface area contributed by atoms with Crippen LogP contribution in [0.2, 0.25) is 0 Å². The molecule has 0 N–H and O–H groups in total. The molecule has 0 atom stereocenters. The lowest BCUT2D eigenvalue weighted by Gasteiger charge is -2.13. The van der Waals surface area contributed by atoms with Crippen molar-refractivity contribution in [2.24, 2.45) is 0 Å². The molecule has 2 aromatic heterocycles. The van der Waals surface area contributed by atoms with Crippen LogP contribution < -0.4 is 0 Å². The highest BCUT2D eigenvalue weighted by atomic mass is 14.9. The number of hydrogen-bond donors (Lipinski definition) is 0. The Balaban J connectivity index is 1.92. The van der Waals surface area contributed by atoms with Gasteiger partial charge in [0.2, 0.25) is 0 Å². The van der Waals surface area contributed by atoms with E-state index in [4.69, 9.17) is 4.98 Å². The van der Waals surface area contributed by atoms with E-state index < -0.39 is 0 Å². The summed E-state index contributed by atoms with van der Waals surface area (Å²) in [6.07, 6.45) is 4.16. The third-order valence-electron chi connectivity index (χ3n) is 4.70. The summed E-state index contributed by atoms with van der Waals surface area (Å²) < 4.78 is 2.15. The van der Waals surface area contributed by atoms with E-state index in [1.165, 1.54) is 38.9 Å². The molecule has 124 valence electrons. The zero-order valence-corrected chi connectivity index (χ0v) is 15.2. The highest BCUT2D eigenvalue weighted by Crippen LogP contribution is 2.29. The van der Waals surface area contributed by atoms with E-state index in [-0.39, 0.29) is 0 Å². The summed E-state index contributed by atoms with van der Waals surface area (Å²) in [7, 11) is 0. The number of aryl methyl sites for hydroxylation is 4. The highest BCUT2D eigenvalue weighted by Gasteiger charge is 2.10.